The first kappa shape index (κ1) is 22.2. The molecule has 5 aromatic carbocycles. The average molecular weight is 529 g/mol. The number of benzene rings is 5. The van der Waals surface area contributed by atoms with Gasteiger partial charge in [0.05, 0.1) is 21.8 Å². The van der Waals surface area contributed by atoms with Crippen LogP contribution in [0.5, 0.6) is 0 Å². The fraction of sp³-hybridized carbons (Fsp3) is 0. The third-order valence-corrected chi connectivity index (χ3v) is 8.08. The molecular weight excluding hydrogens is 508 g/mol. The normalized spacial score (nSPS) is 12.0. The molecule has 0 fully saturated rings. The van der Waals surface area contributed by atoms with E-state index < -0.39 is 0 Å². The van der Waals surface area contributed by atoms with E-state index >= 15 is 0 Å². The Balaban J connectivity index is 1.28. The van der Waals surface area contributed by atoms with Crippen LogP contribution in [-0.4, -0.2) is 9.55 Å². The van der Waals surface area contributed by atoms with Gasteiger partial charge in [-0.15, -0.1) is 0 Å². The lowest BCUT2D eigenvalue weighted by Gasteiger charge is -2.11. The van der Waals surface area contributed by atoms with E-state index in [1.54, 1.807) is 6.20 Å². The highest BCUT2D eigenvalue weighted by Crippen LogP contribution is 2.38. The number of rotatable bonds is 2. The van der Waals surface area contributed by atoms with Crippen molar-refractivity contribution in [3.8, 4) is 16.8 Å². The topological polar surface area (TPSA) is 61.2 Å². The van der Waals surface area contributed by atoms with Crippen molar-refractivity contribution in [2.45, 2.75) is 0 Å². The Kier molecular flexibility index (Phi) is 4.41. The lowest BCUT2D eigenvalue weighted by molar-refractivity contribution is 0.660. The molecule has 0 spiro atoms. The minimum absolute atomic E-state index is 0.0210. The second-order valence-electron chi connectivity index (χ2n) is 10.4. The molecule has 0 atom stereocenters. The van der Waals surface area contributed by atoms with Crippen LogP contribution in [0, 0.1) is 0 Å². The Morgan fingerprint density at radius 3 is 2.24 bits per heavy atom. The first-order valence-corrected chi connectivity index (χ1v) is 13.5. The first-order valence-electron chi connectivity index (χ1n) is 13.5. The number of hydrogen-bond acceptors (Lipinski definition) is 4. The van der Waals surface area contributed by atoms with E-state index in [-0.39, 0.29) is 5.43 Å². The molecule has 4 aromatic heterocycles. The maximum Gasteiger partial charge on any atom is 0.200 e. The Bertz CT molecular complexity index is 2570. The molecule has 0 aliphatic heterocycles. The smallest absolute Gasteiger partial charge is 0.200 e. The van der Waals surface area contributed by atoms with E-state index in [9.17, 15) is 4.79 Å². The molecule has 0 amide bonds. The van der Waals surface area contributed by atoms with Crippen molar-refractivity contribution in [3.05, 3.63) is 132 Å². The zero-order chi connectivity index (χ0) is 27.1. The molecule has 9 aromatic rings. The van der Waals surface area contributed by atoms with Crippen LogP contribution in [0.1, 0.15) is 0 Å². The van der Waals surface area contributed by atoms with E-state index in [1.165, 1.54) is 5.39 Å². The van der Waals surface area contributed by atoms with Crippen LogP contribution in [0.3, 0.4) is 0 Å². The molecule has 0 radical (unpaired) electrons. The third-order valence-electron chi connectivity index (χ3n) is 8.08. The Morgan fingerprint density at radius 1 is 0.512 bits per heavy atom. The zero-order valence-corrected chi connectivity index (χ0v) is 21.7. The number of furan rings is 1. The van der Waals surface area contributed by atoms with Crippen LogP contribution in [0.2, 0.25) is 0 Å². The summed E-state index contributed by atoms with van der Waals surface area (Å²) >= 11 is 0. The quantitative estimate of drug-likeness (QED) is 0.210. The van der Waals surface area contributed by atoms with Gasteiger partial charge in [0, 0.05) is 45.7 Å². The van der Waals surface area contributed by atoms with Crippen LogP contribution in [-0.2, 0) is 0 Å². The van der Waals surface area contributed by atoms with Crippen molar-refractivity contribution in [2.75, 3.05) is 0 Å². The molecule has 9 rings (SSSR count). The molecule has 0 bridgehead atoms. The molecular formula is C36H20N2O3. The van der Waals surface area contributed by atoms with Gasteiger partial charge in [-0.1, -0.05) is 48.5 Å². The average Bonchev–Trinajstić information content (AvgIpc) is 3.55. The van der Waals surface area contributed by atoms with Gasteiger partial charge in [-0.2, -0.15) is 0 Å². The van der Waals surface area contributed by atoms with E-state index in [1.807, 2.05) is 54.7 Å². The van der Waals surface area contributed by atoms with Gasteiger partial charge < -0.3 is 13.4 Å². The van der Waals surface area contributed by atoms with Crippen molar-refractivity contribution in [2.24, 2.45) is 0 Å². The summed E-state index contributed by atoms with van der Waals surface area (Å²) in [5.74, 6) is 0. The van der Waals surface area contributed by atoms with E-state index in [4.69, 9.17) is 8.83 Å². The van der Waals surface area contributed by atoms with Gasteiger partial charge in [-0.3, -0.25) is 9.78 Å². The van der Waals surface area contributed by atoms with Gasteiger partial charge in [0.25, 0.3) is 0 Å². The summed E-state index contributed by atoms with van der Waals surface area (Å²) in [7, 11) is 0. The van der Waals surface area contributed by atoms with Crippen LogP contribution >= 0.6 is 0 Å². The molecule has 4 heterocycles. The van der Waals surface area contributed by atoms with E-state index in [2.05, 4.69) is 70.2 Å². The standard InChI is InChI=1S/C36H20N2O3/c39-36-25-9-2-4-11-32(25)40-33-13-12-22(17-28(33)36)21-6-5-7-23(16-21)38-30-10-3-1-8-24(30)26-18-27-29-20-37-15-14-34(29)41-35(27)19-31(26)38/h1-20H. The van der Waals surface area contributed by atoms with Gasteiger partial charge in [0.2, 0.25) is 5.43 Å². The SMILES string of the molecule is O=c1c2ccccc2oc2ccc(-c3cccc(-n4c5ccccc5c5cc6c(cc54)oc4ccncc46)c3)cc12. The monoisotopic (exact) mass is 528 g/mol. The van der Waals surface area contributed by atoms with Crippen LogP contribution in [0.25, 0.3) is 82.5 Å². The lowest BCUT2D eigenvalue weighted by Crippen LogP contribution is -2.02. The maximum absolute atomic E-state index is 13.3. The molecule has 192 valence electrons. The Morgan fingerprint density at radius 2 is 1.29 bits per heavy atom. The van der Waals surface area contributed by atoms with E-state index in [0.717, 1.165) is 55.2 Å². The number of para-hydroxylation sites is 2. The summed E-state index contributed by atoms with van der Waals surface area (Å²) in [6, 6.07) is 36.3. The van der Waals surface area contributed by atoms with Gasteiger partial charge in [-0.25, -0.2) is 0 Å². The number of hydrogen-bond donors (Lipinski definition) is 0. The molecule has 0 saturated heterocycles. The Labute approximate surface area is 232 Å². The molecule has 5 heteroatoms. The third kappa shape index (κ3) is 3.17. The summed E-state index contributed by atoms with van der Waals surface area (Å²) in [4.78, 5) is 17.6. The van der Waals surface area contributed by atoms with E-state index in [0.29, 0.717) is 21.9 Å². The second-order valence-corrected chi connectivity index (χ2v) is 10.4. The highest BCUT2D eigenvalue weighted by molar-refractivity contribution is 6.17. The summed E-state index contributed by atoms with van der Waals surface area (Å²) in [6.07, 6.45) is 3.62. The minimum Gasteiger partial charge on any atom is -0.456 e. The van der Waals surface area contributed by atoms with Crippen LogP contribution < -0.4 is 5.43 Å². The number of pyridine rings is 1. The lowest BCUT2D eigenvalue weighted by atomic mass is 10.0. The number of fused-ring (bicyclic) bond motifs is 8. The largest absolute Gasteiger partial charge is 0.456 e. The molecule has 0 unspecified atom stereocenters. The summed E-state index contributed by atoms with van der Waals surface area (Å²) < 4.78 is 14.5. The molecule has 5 nitrogen and oxygen atoms in total. The summed E-state index contributed by atoms with van der Waals surface area (Å²) in [5.41, 5.74) is 7.98. The van der Waals surface area contributed by atoms with Crippen molar-refractivity contribution >= 4 is 65.7 Å². The zero-order valence-electron chi connectivity index (χ0n) is 21.7. The second kappa shape index (κ2) is 8.16. The van der Waals surface area contributed by atoms with Crippen molar-refractivity contribution < 1.29 is 8.83 Å². The molecule has 41 heavy (non-hydrogen) atoms. The van der Waals surface area contributed by atoms with Crippen molar-refractivity contribution in [1.29, 1.82) is 0 Å². The van der Waals surface area contributed by atoms with Gasteiger partial charge in [0.1, 0.15) is 22.3 Å². The van der Waals surface area contributed by atoms with Crippen LogP contribution in [0.15, 0.2) is 135 Å². The summed E-state index contributed by atoms with van der Waals surface area (Å²) in [5, 5.41) is 5.55. The summed E-state index contributed by atoms with van der Waals surface area (Å²) in [6.45, 7) is 0. The highest BCUT2D eigenvalue weighted by Gasteiger charge is 2.17. The van der Waals surface area contributed by atoms with Crippen LogP contribution in [0.4, 0.5) is 0 Å². The molecule has 0 aliphatic carbocycles. The van der Waals surface area contributed by atoms with Gasteiger partial charge >= 0.3 is 0 Å². The molecule has 0 aliphatic rings. The highest BCUT2D eigenvalue weighted by atomic mass is 16.3. The predicted molar refractivity (Wildman–Crippen MR) is 165 cm³/mol. The molecule has 0 saturated carbocycles. The fourth-order valence-corrected chi connectivity index (χ4v) is 6.17. The number of aromatic nitrogens is 2. The predicted octanol–water partition coefficient (Wildman–Crippen LogP) is 9.00. The first-order chi connectivity index (χ1) is 20.2. The fourth-order valence-electron chi connectivity index (χ4n) is 6.17. The van der Waals surface area contributed by atoms with Gasteiger partial charge in [0.15, 0.2) is 0 Å². The van der Waals surface area contributed by atoms with Crippen molar-refractivity contribution in [1.82, 2.24) is 9.55 Å². The minimum atomic E-state index is -0.0210. The van der Waals surface area contributed by atoms with Crippen molar-refractivity contribution in [3.63, 3.8) is 0 Å². The van der Waals surface area contributed by atoms with Gasteiger partial charge in [-0.05, 0) is 65.7 Å². The maximum atomic E-state index is 13.3. The Hall–Kier alpha value is -5.68. The molecule has 0 N–H and O–H groups in total. The number of nitrogens with zero attached hydrogens (tertiary/aromatic N) is 2.